The van der Waals surface area contributed by atoms with Gasteiger partial charge in [-0.05, 0) is 42.8 Å². The average Bonchev–Trinajstić information content (AvgIpc) is 3.02. The molecule has 3 aromatic rings. The number of aromatic nitrogens is 2. The van der Waals surface area contributed by atoms with Crippen molar-refractivity contribution in [3.8, 4) is 11.8 Å². The Bertz CT molecular complexity index is 929. The Kier molecular flexibility index (Phi) is 4.35. The summed E-state index contributed by atoms with van der Waals surface area (Å²) in [7, 11) is 0. The zero-order valence-corrected chi connectivity index (χ0v) is 13.2. The van der Waals surface area contributed by atoms with Gasteiger partial charge in [0.2, 0.25) is 0 Å². The Hall–Kier alpha value is -3.45. The first-order valence-electron chi connectivity index (χ1n) is 7.51. The van der Waals surface area contributed by atoms with Crippen LogP contribution >= 0.6 is 0 Å². The Labute approximate surface area is 140 Å². The summed E-state index contributed by atoms with van der Waals surface area (Å²) in [6.45, 7) is 1.88. The summed E-state index contributed by atoms with van der Waals surface area (Å²) in [5.41, 5.74) is 3.76. The van der Waals surface area contributed by atoms with E-state index in [1.807, 2.05) is 49.4 Å². The standard InChI is InChI=1S/C20H15N3O/c1-15-19(14-22-23(15)18-5-3-2-4-6-18)20(24)12-11-16-7-9-17(13-21)10-8-16/h2-12,14H,1H3/b12-11+. The second-order valence-electron chi connectivity index (χ2n) is 5.32. The predicted octanol–water partition coefficient (Wildman–Crippen LogP) is 3.95. The van der Waals surface area contributed by atoms with Crippen LogP contribution in [0.15, 0.2) is 66.9 Å². The summed E-state index contributed by atoms with van der Waals surface area (Å²) in [6, 6.07) is 18.8. The van der Waals surface area contributed by atoms with E-state index in [0.717, 1.165) is 16.9 Å². The number of benzene rings is 2. The van der Waals surface area contributed by atoms with E-state index in [-0.39, 0.29) is 5.78 Å². The molecule has 0 aliphatic heterocycles. The molecule has 0 saturated heterocycles. The normalized spacial score (nSPS) is 10.7. The number of nitriles is 1. The van der Waals surface area contributed by atoms with Crippen molar-refractivity contribution in [2.75, 3.05) is 0 Å². The highest BCUT2D eigenvalue weighted by molar-refractivity contribution is 6.07. The number of hydrogen-bond acceptors (Lipinski definition) is 3. The number of carbonyl (C=O) groups is 1. The highest BCUT2D eigenvalue weighted by Crippen LogP contribution is 2.15. The van der Waals surface area contributed by atoms with Gasteiger partial charge in [0.25, 0.3) is 0 Å². The van der Waals surface area contributed by atoms with Crippen LogP contribution in [0.5, 0.6) is 0 Å². The monoisotopic (exact) mass is 313 g/mol. The van der Waals surface area contributed by atoms with Crippen LogP contribution in [0, 0.1) is 18.3 Å². The molecule has 0 unspecified atom stereocenters. The van der Waals surface area contributed by atoms with Gasteiger partial charge in [0.1, 0.15) is 0 Å². The zero-order valence-electron chi connectivity index (χ0n) is 13.2. The molecule has 4 heteroatoms. The van der Waals surface area contributed by atoms with Crippen molar-refractivity contribution in [1.82, 2.24) is 9.78 Å². The van der Waals surface area contributed by atoms with E-state index >= 15 is 0 Å². The lowest BCUT2D eigenvalue weighted by Gasteiger charge is -2.04. The van der Waals surface area contributed by atoms with Crippen molar-refractivity contribution in [1.29, 1.82) is 5.26 Å². The molecule has 0 aliphatic rings. The van der Waals surface area contributed by atoms with Gasteiger partial charge in [0.05, 0.1) is 34.8 Å². The highest BCUT2D eigenvalue weighted by atomic mass is 16.1. The van der Waals surface area contributed by atoms with Gasteiger partial charge in [-0.2, -0.15) is 10.4 Å². The van der Waals surface area contributed by atoms with Crippen molar-refractivity contribution >= 4 is 11.9 Å². The Morgan fingerprint density at radius 1 is 1.12 bits per heavy atom. The van der Waals surface area contributed by atoms with Gasteiger partial charge in [-0.25, -0.2) is 4.68 Å². The van der Waals surface area contributed by atoms with Crippen LogP contribution in [0.2, 0.25) is 0 Å². The summed E-state index contributed by atoms with van der Waals surface area (Å²) in [6.07, 6.45) is 4.86. The topological polar surface area (TPSA) is 58.7 Å². The lowest BCUT2D eigenvalue weighted by atomic mass is 10.1. The molecule has 1 aromatic heterocycles. The Balaban J connectivity index is 1.82. The highest BCUT2D eigenvalue weighted by Gasteiger charge is 2.12. The van der Waals surface area contributed by atoms with E-state index in [1.165, 1.54) is 6.08 Å². The van der Waals surface area contributed by atoms with E-state index < -0.39 is 0 Å². The number of para-hydroxylation sites is 1. The first-order valence-corrected chi connectivity index (χ1v) is 7.51. The van der Waals surface area contributed by atoms with Crippen molar-refractivity contribution < 1.29 is 4.79 Å². The Morgan fingerprint density at radius 2 is 1.83 bits per heavy atom. The third kappa shape index (κ3) is 3.16. The van der Waals surface area contributed by atoms with Crippen LogP contribution in [0.1, 0.15) is 27.2 Å². The molecule has 116 valence electrons. The fourth-order valence-corrected chi connectivity index (χ4v) is 2.41. The molecule has 0 fully saturated rings. The van der Waals surface area contributed by atoms with Gasteiger partial charge in [-0.1, -0.05) is 36.4 Å². The summed E-state index contributed by atoms with van der Waals surface area (Å²) in [5.74, 6) is -0.0981. The maximum absolute atomic E-state index is 12.4. The fraction of sp³-hybridized carbons (Fsp3) is 0.0500. The predicted molar refractivity (Wildman–Crippen MR) is 92.8 cm³/mol. The van der Waals surface area contributed by atoms with Gasteiger partial charge >= 0.3 is 0 Å². The van der Waals surface area contributed by atoms with E-state index in [1.54, 1.807) is 29.1 Å². The second kappa shape index (κ2) is 6.76. The van der Waals surface area contributed by atoms with E-state index in [4.69, 9.17) is 5.26 Å². The van der Waals surface area contributed by atoms with Crippen molar-refractivity contribution in [2.45, 2.75) is 6.92 Å². The molecular weight excluding hydrogens is 298 g/mol. The van der Waals surface area contributed by atoms with Crippen LogP contribution < -0.4 is 0 Å². The maximum Gasteiger partial charge on any atom is 0.189 e. The number of ketones is 1. The molecule has 24 heavy (non-hydrogen) atoms. The molecule has 0 amide bonds. The van der Waals surface area contributed by atoms with E-state index in [0.29, 0.717) is 11.1 Å². The van der Waals surface area contributed by atoms with Crippen LogP contribution in [-0.4, -0.2) is 15.6 Å². The summed E-state index contributed by atoms with van der Waals surface area (Å²) in [4.78, 5) is 12.4. The van der Waals surface area contributed by atoms with Gasteiger partial charge in [-0.3, -0.25) is 4.79 Å². The molecule has 0 spiro atoms. The minimum atomic E-state index is -0.0981. The smallest absolute Gasteiger partial charge is 0.189 e. The third-order valence-electron chi connectivity index (χ3n) is 3.74. The van der Waals surface area contributed by atoms with Crippen molar-refractivity contribution in [2.24, 2.45) is 0 Å². The molecule has 0 atom stereocenters. The summed E-state index contributed by atoms with van der Waals surface area (Å²) < 4.78 is 1.75. The molecule has 0 aliphatic carbocycles. The molecule has 2 aromatic carbocycles. The lowest BCUT2D eigenvalue weighted by Crippen LogP contribution is -2.01. The first kappa shape index (κ1) is 15.4. The van der Waals surface area contributed by atoms with Gasteiger partial charge in [0.15, 0.2) is 5.78 Å². The molecule has 0 saturated carbocycles. The van der Waals surface area contributed by atoms with Crippen LogP contribution in [0.25, 0.3) is 11.8 Å². The Morgan fingerprint density at radius 3 is 2.50 bits per heavy atom. The largest absolute Gasteiger partial charge is 0.289 e. The third-order valence-corrected chi connectivity index (χ3v) is 3.74. The number of hydrogen-bond donors (Lipinski definition) is 0. The molecular formula is C20H15N3O. The van der Waals surface area contributed by atoms with Gasteiger partial charge in [-0.15, -0.1) is 0 Å². The fourth-order valence-electron chi connectivity index (χ4n) is 2.41. The zero-order chi connectivity index (χ0) is 16.9. The lowest BCUT2D eigenvalue weighted by molar-refractivity contribution is 0.104. The minimum absolute atomic E-state index is 0.0981. The minimum Gasteiger partial charge on any atom is -0.289 e. The molecule has 1 heterocycles. The molecule has 3 rings (SSSR count). The SMILES string of the molecule is Cc1c(C(=O)/C=C/c2ccc(C#N)cc2)cnn1-c1ccccc1. The maximum atomic E-state index is 12.4. The molecule has 4 nitrogen and oxygen atoms in total. The number of nitrogens with zero attached hydrogens (tertiary/aromatic N) is 3. The summed E-state index contributed by atoms with van der Waals surface area (Å²) >= 11 is 0. The van der Waals surface area contributed by atoms with Gasteiger partial charge < -0.3 is 0 Å². The number of rotatable bonds is 4. The van der Waals surface area contributed by atoms with E-state index in [2.05, 4.69) is 11.2 Å². The second-order valence-corrected chi connectivity index (χ2v) is 5.32. The van der Waals surface area contributed by atoms with Crippen LogP contribution in [-0.2, 0) is 0 Å². The first-order chi connectivity index (χ1) is 11.7. The number of carbonyl (C=O) groups excluding carboxylic acids is 1. The molecule has 0 N–H and O–H groups in total. The van der Waals surface area contributed by atoms with Crippen LogP contribution in [0.4, 0.5) is 0 Å². The molecule has 0 radical (unpaired) electrons. The number of allylic oxidation sites excluding steroid dienone is 1. The average molecular weight is 313 g/mol. The van der Waals surface area contributed by atoms with Crippen molar-refractivity contribution in [3.63, 3.8) is 0 Å². The van der Waals surface area contributed by atoms with E-state index in [9.17, 15) is 4.79 Å². The summed E-state index contributed by atoms with van der Waals surface area (Å²) in [5, 5.41) is 13.1. The van der Waals surface area contributed by atoms with Crippen LogP contribution in [0.3, 0.4) is 0 Å². The molecule has 0 bridgehead atoms. The van der Waals surface area contributed by atoms with Gasteiger partial charge in [0, 0.05) is 0 Å². The quantitative estimate of drug-likeness (QED) is 0.541. The van der Waals surface area contributed by atoms with Crippen molar-refractivity contribution in [3.05, 3.63) is 89.3 Å².